The number of hydrogen-bond donors (Lipinski definition) is 1. The maximum atomic E-state index is 3.43. The Balaban J connectivity index is 1.58. The maximum absolute atomic E-state index is 3.43. The summed E-state index contributed by atoms with van der Waals surface area (Å²) < 4.78 is 0. The van der Waals surface area contributed by atoms with Crippen LogP contribution in [0.2, 0.25) is 0 Å². The summed E-state index contributed by atoms with van der Waals surface area (Å²) in [5.74, 6) is 0. The molecule has 3 rings (SSSR count). The molecular formula is C17H27N3. The zero-order valence-corrected chi connectivity index (χ0v) is 13.0. The van der Waals surface area contributed by atoms with Crippen molar-refractivity contribution in [3.8, 4) is 0 Å². The van der Waals surface area contributed by atoms with Crippen LogP contribution in [0, 0.1) is 13.8 Å². The molecule has 0 aliphatic carbocycles. The van der Waals surface area contributed by atoms with Gasteiger partial charge in [-0.15, -0.1) is 0 Å². The maximum Gasteiger partial charge on any atom is 0.0351 e. The van der Waals surface area contributed by atoms with Crippen LogP contribution in [0.4, 0.5) is 0 Å². The summed E-state index contributed by atoms with van der Waals surface area (Å²) in [5.41, 5.74) is 4.23. The highest BCUT2D eigenvalue weighted by atomic mass is 15.3. The molecule has 1 unspecified atom stereocenters. The zero-order valence-electron chi connectivity index (χ0n) is 13.0. The monoisotopic (exact) mass is 273 g/mol. The Hall–Kier alpha value is -0.900. The Morgan fingerprint density at radius 3 is 2.25 bits per heavy atom. The van der Waals surface area contributed by atoms with Crippen LogP contribution in [-0.4, -0.2) is 55.1 Å². The highest BCUT2D eigenvalue weighted by molar-refractivity contribution is 5.30. The topological polar surface area (TPSA) is 18.5 Å². The Morgan fingerprint density at radius 2 is 1.65 bits per heavy atom. The van der Waals surface area contributed by atoms with Crippen molar-refractivity contribution in [3.63, 3.8) is 0 Å². The van der Waals surface area contributed by atoms with Crippen molar-refractivity contribution in [3.05, 3.63) is 34.9 Å². The standard InChI is InChI=1S/C17H27N3/c1-13-8-14(2)10-16(9-13)15(3)20-11-17(12-20)19-6-4-18-5-7-19/h8-10,15,17-18H,4-7,11-12H2,1-3H3. The second-order valence-electron chi connectivity index (χ2n) is 6.49. The zero-order chi connectivity index (χ0) is 14.1. The van der Waals surface area contributed by atoms with Gasteiger partial charge >= 0.3 is 0 Å². The third-order valence-corrected chi connectivity index (χ3v) is 4.83. The van der Waals surface area contributed by atoms with E-state index in [9.17, 15) is 0 Å². The van der Waals surface area contributed by atoms with Gasteiger partial charge in [0.05, 0.1) is 0 Å². The molecule has 2 aliphatic rings. The molecule has 0 amide bonds. The fourth-order valence-electron chi connectivity index (χ4n) is 3.54. The lowest BCUT2D eigenvalue weighted by atomic mass is 9.96. The first-order chi connectivity index (χ1) is 9.63. The van der Waals surface area contributed by atoms with Crippen molar-refractivity contribution in [2.45, 2.75) is 32.9 Å². The van der Waals surface area contributed by atoms with E-state index >= 15 is 0 Å². The van der Waals surface area contributed by atoms with Crippen molar-refractivity contribution < 1.29 is 0 Å². The fourth-order valence-corrected chi connectivity index (χ4v) is 3.54. The van der Waals surface area contributed by atoms with Gasteiger partial charge in [-0.25, -0.2) is 0 Å². The number of nitrogens with one attached hydrogen (secondary N) is 1. The van der Waals surface area contributed by atoms with Crippen molar-refractivity contribution in [2.24, 2.45) is 0 Å². The van der Waals surface area contributed by atoms with E-state index < -0.39 is 0 Å². The number of nitrogens with zero attached hydrogens (tertiary/aromatic N) is 2. The number of benzene rings is 1. The first kappa shape index (κ1) is 14.1. The normalized spacial score (nSPS) is 23.6. The molecule has 1 atom stereocenters. The molecule has 1 aromatic rings. The summed E-state index contributed by atoms with van der Waals surface area (Å²) in [6, 6.07) is 8.28. The molecule has 0 spiro atoms. The summed E-state index contributed by atoms with van der Waals surface area (Å²) >= 11 is 0. The van der Waals surface area contributed by atoms with E-state index in [-0.39, 0.29) is 0 Å². The first-order valence-corrected chi connectivity index (χ1v) is 7.90. The van der Waals surface area contributed by atoms with Crippen molar-refractivity contribution in [1.82, 2.24) is 15.1 Å². The van der Waals surface area contributed by atoms with E-state index in [0.29, 0.717) is 6.04 Å². The molecule has 3 heteroatoms. The minimum atomic E-state index is 0.549. The van der Waals surface area contributed by atoms with E-state index in [4.69, 9.17) is 0 Å². The van der Waals surface area contributed by atoms with Crippen LogP contribution in [0.25, 0.3) is 0 Å². The average Bonchev–Trinajstić information content (AvgIpc) is 2.37. The Labute approximate surface area is 123 Å². The third-order valence-electron chi connectivity index (χ3n) is 4.83. The molecule has 2 saturated heterocycles. The molecule has 20 heavy (non-hydrogen) atoms. The predicted molar refractivity (Wildman–Crippen MR) is 84.1 cm³/mol. The van der Waals surface area contributed by atoms with Gasteiger partial charge in [-0.2, -0.15) is 0 Å². The van der Waals surface area contributed by atoms with E-state index in [1.54, 1.807) is 0 Å². The molecule has 2 heterocycles. The van der Waals surface area contributed by atoms with Gasteiger partial charge in [0.2, 0.25) is 0 Å². The van der Waals surface area contributed by atoms with Crippen LogP contribution in [-0.2, 0) is 0 Å². The molecule has 3 nitrogen and oxygen atoms in total. The number of aryl methyl sites for hydroxylation is 2. The molecule has 2 fully saturated rings. The van der Waals surface area contributed by atoms with Gasteiger partial charge in [0.15, 0.2) is 0 Å². The van der Waals surface area contributed by atoms with Crippen LogP contribution in [0.1, 0.15) is 29.7 Å². The van der Waals surface area contributed by atoms with Crippen LogP contribution in [0.5, 0.6) is 0 Å². The lowest BCUT2D eigenvalue weighted by molar-refractivity contribution is 0.00345. The summed E-state index contributed by atoms with van der Waals surface area (Å²) in [7, 11) is 0. The van der Waals surface area contributed by atoms with Gasteiger partial charge in [-0.05, 0) is 26.3 Å². The van der Waals surface area contributed by atoms with Crippen molar-refractivity contribution in [2.75, 3.05) is 39.3 Å². The van der Waals surface area contributed by atoms with E-state index in [0.717, 1.165) is 19.1 Å². The summed E-state index contributed by atoms with van der Waals surface area (Å²) in [6.07, 6.45) is 0. The highest BCUT2D eigenvalue weighted by Gasteiger charge is 2.35. The average molecular weight is 273 g/mol. The van der Waals surface area contributed by atoms with Gasteiger partial charge in [0, 0.05) is 51.4 Å². The van der Waals surface area contributed by atoms with Crippen LogP contribution in [0.3, 0.4) is 0 Å². The van der Waals surface area contributed by atoms with Crippen molar-refractivity contribution >= 4 is 0 Å². The van der Waals surface area contributed by atoms with Gasteiger partial charge in [-0.1, -0.05) is 29.3 Å². The lowest BCUT2D eigenvalue weighted by Crippen LogP contribution is -2.62. The van der Waals surface area contributed by atoms with E-state index in [1.165, 1.54) is 42.9 Å². The summed E-state index contributed by atoms with van der Waals surface area (Å²) in [5, 5.41) is 3.43. The predicted octanol–water partition coefficient (Wildman–Crippen LogP) is 1.95. The largest absolute Gasteiger partial charge is 0.314 e. The Kier molecular flexibility index (Phi) is 4.11. The van der Waals surface area contributed by atoms with E-state index in [1.807, 2.05) is 0 Å². The second-order valence-corrected chi connectivity index (χ2v) is 6.49. The van der Waals surface area contributed by atoms with Crippen molar-refractivity contribution in [1.29, 1.82) is 0 Å². The minimum Gasteiger partial charge on any atom is -0.314 e. The third kappa shape index (κ3) is 2.90. The molecule has 0 bridgehead atoms. The number of rotatable bonds is 3. The molecule has 0 aromatic heterocycles. The van der Waals surface area contributed by atoms with Crippen LogP contribution < -0.4 is 5.32 Å². The molecule has 1 N–H and O–H groups in total. The molecule has 110 valence electrons. The smallest absolute Gasteiger partial charge is 0.0351 e. The Bertz CT molecular complexity index is 439. The van der Waals surface area contributed by atoms with Gasteiger partial charge in [-0.3, -0.25) is 9.80 Å². The van der Waals surface area contributed by atoms with Crippen LogP contribution >= 0.6 is 0 Å². The number of piperazine rings is 1. The quantitative estimate of drug-likeness (QED) is 0.908. The number of hydrogen-bond acceptors (Lipinski definition) is 3. The van der Waals surface area contributed by atoms with Gasteiger partial charge in [0.25, 0.3) is 0 Å². The SMILES string of the molecule is Cc1cc(C)cc(C(C)N2CC(N3CCNCC3)C2)c1. The Morgan fingerprint density at radius 1 is 1.05 bits per heavy atom. The lowest BCUT2D eigenvalue weighted by Gasteiger charge is -2.49. The fraction of sp³-hybridized carbons (Fsp3) is 0.647. The summed E-state index contributed by atoms with van der Waals surface area (Å²) in [6.45, 7) is 14.0. The molecule has 1 aromatic carbocycles. The second kappa shape index (κ2) is 5.84. The van der Waals surface area contributed by atoms with Gasteiger partial charge in [0.1, 0.15) is 0 Å². The summed E-state index contributed by atoms with van der Waals surface area (Å²) in [4.78, 5) is 5.27. The highest BCUT2D eigenvalue weighted by Crippen LogP contribution is 2.28. The molecule has 0 saturated carbocycles. The van der Waals surface area contributed by atoms with Gasteiger partial charge < -0.3 is 5.32 Å². The molecular weight excluding hydrogens is 246 g/mol. The molecule has 0 radical (unpaired) electrons. The first-order valence-electron chi connectivity index (χ1n) is 7.90. The van der Waals surface area contributed by atoms with Crippen LogP contribution in [0.15, 0.2) is 18.2 Å². The van der Waals surface area contributed by atoms with E-state index in [2.05, 4.69) is 54.1 Å². The number of likely N-dealkylation sites (tertiary alicyclic amines) is 1. The molecule has 2 aliphatic heterocycles. The minimum absolute atomic E-state index is 0.549.